The monoisotopic (exact) mass is 468 g/mol. The van der Waals surface area contributed by atoms with Crippen molar-refractivity contribution in [3.63, 3.8) is 0 Å². The molecule has 0 aliphatic heterocycles. The minimum absolute atomic E-state index is 0. The molecule has 0 atom stereocenters. The molecule has 6 nitrogen and oxygen atoms in total. The van der Waals surface area contributed by atoms with Crippen LogP contribution in [0.3, 0.4) is 0 Å². The summed E-state index contributed by atoms with van der Waals surface area (Å²) in [4.78, 5) is 4.32. The molecule has 1 aromatic rings. The van der Waals surface area contributed by atoms with Gasteiger partial charge < -0.3 is 10.6 Å². The van der Waals surface area contributed by atoms with E-state index in [-0.39, 0.29) is 28.9 Å². The van der Waals surface area contributed by atoms with Gasteiger partial charge in [0.2, 0.25) is 10.0 Å². The van der Waals surface area contributed by atoms with Crippen molar-refractivity contribution in [2.75, 3.05) is 20.1 Å². The Morgan fingerprint density at radius 2 is 1.71 bits per heavy atom. The molecule has 0 aliphatic rings. The molecule has 0 amide bonds. The second-order valence-electron chi connectivity index (χ2n) is 5.43. The van der Waals surface area contributed by atoms with Gasteiger partial charge in [0.15, 0.2) is 5.96 Å². The number of nitrogens with two attached hydrogens (primary N) is 1. The molecular formula is C16H29IN4O2S. The van der Waals surface area contributed by atoms with Crippen LogP contribution in [0.1, 0.15) is 38.2 Å². The minimum atomic E-state index is -3.62. The molecule has 0 unspecified atom stereocenters. The zero-order valence-corrected chi connectivity index (χ0v) is 17.6. The highest BCUT2D eigenvalue weighted by molar-refractivity contribution is 14.0. The summed E-state index contributed by atoms with van der Waals surface area (Å²) in [5.74, 6) is 0.794. The summed E-state index contributed by atoms with van der Waals surface area (Å²) in [5, 5.41) is 11.6. The van der Waals surface area contributed by atoms with Crippen LogP contribution in [-0.2, 0) is 16.4 Å². The van der Waals surface area contributed by atoms with E-state index in [1.807, 2.05) is 0 Å². The SMILES string of the molecule is CCCCCCNC(=NC)NCCc1ccc(S(N)(=O)=O)cc1.I. The highest BCUT2D eigenvalue weighted by atomic mass is 127. The molecule has 0 fully saturated rings. The maximum atomic E-state index is 11.2. The highest BCUT2D eigenvalue weighted by Gasteiger charge is 2.06. The number of unbranched alkanes of at least 4 members (excludes halogenated alkanes) is 3. The summed E-state index contributed by atoms with van der Waals surface area (Å²) in [6.45, 7) is 3.84. The van der Waals surface area contributed by atoms with E-state index in [1.165, 1.54) is 31.4 Å². The van der Waals surface area contributed by atoms with Crippen LogP contribution in [0.15, 0.2) is 34.2 Å². The Balaban J connectivity index is 0.00000529. The number of hydrogen-bond acceptors (Lipinski definition) is 3. The summed E-state index contributed by atoms with van der Waals surface area (Å²) in [6, 6.07) is 6.63. The molecule has 0 bridgehead atoms. The van der Waals surface area contributed by atoms with Crippen LogP contribution in [0, 0.1) is 0 Å². The third kappa shape index (κ3) is 9.43. The van der Waals surface area contributed by atoms with E-state index in [0.717, 1.165) is 37.5 Å². The lowest BCUT2D eigenvalue weighted by Crippen LogP contribution is -2.38. The topological polar surface area (TPSA) is 96.6 Å². The second-order valence-corrected chi connectivity index (χ2v) is 6.99. The van der Waals surface area contributed by atoms with Crippen molar-refractivity contribution in [3.05, 3.63) is 29.8 Å². The first-order valence-electron chi connectivity index (χ1n) is 8.03. The van der Waals surface area contributed by atoms with Crippen LogP contribution in [0.4, 0.5) is 0 Å². The molecular weight excluding hydrogens is 439 g/mol. The van der Waals surface area contributed by atoms with Gasteiger partial charge in [0.25, 0.3) is 0 Å². The molecule has 0 aromatic heterocycles. The zero-order chi connectivity index (χ0) is 17.1. The Kier molecular flexibility index (Phi) is 12.0. The number of nitrogens with one attached hydrogen (secondary N) is 2. The van der Waals surface area contributed by atoms with E-state index in [0.29, 0.717) is 0 Å². The lowest BCUT2D eigenvalue weighted by Gasteiger charge is -2.12. The molecule has 0 heterocycles. The number of sulfonamides is 1. The largest absolute Gasteiger partial charge is 0.356 e. The lowest BCUT2D eigenvalue weighted by molar-refractivity contribution is 0.598. The zero-order valence-electron chi connectivity index (χ0n) is 14.4. The molecule has 4 N–H and O–H groups in total. The predicted molar refractivity (Wildman–Crippen MR) is 110 cm³/mol. The van der Waals surface area contributed by atoms with Crippen LogP contribution in [0.2, 0.25) is 0 Å². The summed E-state index contributed by atoms with van der Waals surface area (Å²) in [5.41, 5.74) is 1.04. The van der Waals surface area contributed by atoms with Crippen LogP contribution in [0.5, 0.6) is 0 Å². The highest BCUT2D eigenvalue weighted by Crippen LogP contribution is 2.08. The standard InChI is InChI=1S/C16H28N4O2S.HI/c1-3-4-5-6-12-19-16(18-2)20-13-11-14-7-9-15(10-8-14)23(17,21)22;/h7-10H,3-6,11-13H2,1-2H3,(H2,17,21,22)(H2,18,19,20);1H. The molecule has 0 saturated carbocycles. The summed E-state index contributed by atoms with van der Waals surface area (Å²) >= 11 is 0. The van der Waals surface area contributed by atoms with Crippen molar-refractivity contribution in [2.45, 2.75) is 43.9 Å². The fourth-order valence-corrected chi connectivity index (χ4v) is 2.67. The van der Waals surface area contributed by atoms with Gasteiger partial charge in [0.1, 0.15) is 0 Å². The number of primary sulfonamides is 1. The van der Waals surface area contributed by atoms with Crippen molar-refractivity contribution in [1.29, 1.82) is 0 Å². The Labute approximate surface area is 162 Å². The average molecular weight is 468 g/mol. The van der Waals surface area contributed by atoms with Gasteiger partial charge in [-0.3, -0.25) is 4.99 Å². The molecule has 8 heteroatoms. The van der Waals surface area contributed by atoms with E-state index < -0.39 is 10.0 Å². The smallest absolute Gasteiger partial charge is 0.238 e. The number of rotatable bonds is 9. The van der Waals surface area contributed by atoms with Crippen molar-refractivity contribution >= 4 is 40.0 Å². The van der Waals surface area contributed by atoms with Crippen LogP contribution in [-0.4, -0.2) is 34.5 Å². The van der Waals surface area contributed by atoms with Gasteiger partial charge in [-0.2, -0.15) is 0 Å². The Hall–Kier alpha value is -0.870. The normalized spacial score (nSPS) is 11.7. The number of nitrogens with zero attached hydrogens (tertiary/aromatic N) is 1. The molecule has 0 spiro atoms. The quantitative estimate of drug-likeness (QED) is 0.224. The molecule has 1 rings (SSSR count). The molecule has 0 saturated heterocycles. The van der Waals surface area contributed by atoms with Gasteiger partial charge in [-0.1, -0.05) is 38.3 Å². The molecule has 24 heavy (non-hydrogen) atoms. The minimum Gasteiger partial charge on any atom is -0.356 e. The third-order valence-corrected chi connectivity index (χ3v) is 4.43. The van der Waals surface area contributed by atoms with E-state index >= 15 is 0 Å². The molecule has 138 valence electrons. The van der Waals surface area contributed by atoms with Crippen LogP contribution >= 0.6 is 24.0 Å². The molecule has 0 aliphatic carbocycles. The first kappa shape index (κ1) is 23.1. The number of guanidine groups is 1. The fourth-order valence-electron chi connectivity index (χ4n) is 2.15. The van der Waals surface area contributed by atoms with Crippen LogP contribution in [0.25, 0.3) is 0 Å². The van der Waals surface area contributed by atoms with Gasteiger partial charge in [-0.25, -0.2) is 13.6 Å². The van der Waals surface area contributed by atoms with Crippen LogP contribution < -0.4 is 15.8 Å². The Morgan fingerprint density at radius 1 is 1.08 bits per heavy atom. The van der Waals surface area contributed by atoms with E-state index in [2.05, 4.69) is 22.5 Å². The van der Waals surface area contributed by atoms with Crippen molar-refractivity contribution < 1.29 is 8.42 Å². The van der Waals surface area contributed by atoms with Gasteiger partial charge in [0.05, 0.1) is 4.90 Å². The van der Waals surface area contributed by atoms with Crippen molar-refractivity contribution in [3.8, 4) is 0 Å². The number of aliphatic imine (C=N–C) groups is 1. The van der Waals surface area contributed by atoms with Crippen molar-refractivity contribution in [1.82, 2.24) is 10.6 Å². The maximum Gasteiger partial charge on any atom is 0.238 e. The van der Waals surface area contributed by atoms with Gasteiger partial charge in [-0.05, 0) is 30.5 Å². The Morgan fingerprint density at radius 3 is 2.25 bits per heavy atom. The summed E-state index contributed by atoms with van der Waals surface area (Å²) in [6.07, 6.45) is 5.65. The lowest BCUT2D eigenvalue weighted by atomic mass is 10.1. The number of hydrogen-bond donors (Lipinski definition) is 3. The fraction of sp³-hybridized carbons (Fsp3) is 0.562. The van der Waals surface area contributed by atoms with E-state index in [4.69, 9.17) is 5.14 Å². The maximum absolute atomic E-state index is 11.2. The van der Waals surface area contributed by atoms with Gasteiger partial charge in [-0.15, -0.1) is 24.0 Å². The van der Waals surface area contributed by atoms with E-state index in [1.54, 1.807) is 19.2 Å². The first-order valence-corrected chi connectivity index (χ1v) is 9.58. The number of halogens is 1. The van der Waals surface area contributed by atoms with Gasteiger partial charge in [0, 0.05) is 20.1 Å². The summed E-state index contributed by atoms with van der Waals surface area (Å²) in [7, 11) is -1.87. The third-order valence-electron chi connectivity index (χ3n) is 3.50. The Bertz CT molecular complexity index is 589. The molecule has 1 aromatic carbocycles. The second kappa shape index (κ2) is 12.5. The molecule has 0 radical (unpaired) electrons. The number of benzene rings is 1. The van der Waals surface area contributed by atoms with E-state index in [9.17, 15) is 8.42 Å². The van der Waals surface area contributed by atoms with Gasteiger partial charge >= 0.3 is 0 Å². The average Bonchev–Trinajstić information content (AvgIpc) is 2.52. The first-order chi connectivity index (χ1) is 11.0. The summed E-state index contributed by atoms with van der Waals surface area (Å²) < 4.78 is 22.4. The predicted octanol–water partition coefficient (Wildman–Crippen LogP) is 2.24. The van der Waals surface area contributed by atoms with Crippen molar-refractivity contribution in [2.24, 2.45) is 10.1 Å².